The van der Waals surface area contributed by atoms with E-state index >= 15 is 0 Å². The number of rotatable bonds is 10. The number of hydrogen-bond acceptors (Lipinski definition) is 8. The number of carbonyl (C=O) groups excluding carboxylic acids is 3. The Morgan fingerprint density at radius 2 is 1.17 bits per heavy atom. The summed E-state index contributed by atoms with van der Waals surface area (Å²) in [7, 11) is 2.25. The van der Waals surface area contributed by atoms with Gasteiger partial charge in [-0.15, -0.1) is 9.24 Å². The number of aliphatic hydroxyl groups excluding tert-OH is 1. The second-order valence-electron chi connectivity index (χ2n) is 15.6. The highest BCUT2D eigenvalue weighted by molar-refractivity contribution is 7.15. The van der Waals surface area contributed by atoms with E-state index < -0.39 is 24.7 Å². The molecule has 12 nitrogen and oxygen atoms in total. The first kappa shape index (κ1) is 46.4. The van der Waals surface area contributed by atoms with Crippen molar-refractivity contribution < 1.29 is 39.8 Å². The summed E-state index contributed by atoms with van der Waals surface area (Å²) in [6, 6.07) is 16.1. The first-order valence-electron chi connectivity index (χ1n) is 22.6. The molecular weight excluding hydrogens is 848 g/mol. The number of fused-ring (bicyclic) bond motifs is 2. The quantitative estimate of drug-likeness (QED) is 0.0697. The maximum atomic E-state index is 13.7. The average molecular weight is 907 g/mol. The third-order valence-electron chi connectivity index (χ3n) is 11.4. The predicted molar refractivity (Wildman–Crippen MR) is 245 cm³/mol. The summed E-state index contributed by atoms with van der Waals surface area (Å²) in [5, 5.41) is 24.8. The van der Waals surface area contributed by atoms with Crippen molar-refractivity contribution in [3.63, 3.8) is 0 Å². The van der Waals surface area contributed by atoms with Gasteiger partial charge in [0, 0.05) is 60.9 Å². The summed E-state index contributed by atoms with van der Waals surface area (Å²) in [5.41, 5.74) is 2.17. The molecule has 0 bridgehead atoms. The van der Waals surface area contributed by atoms with Crippen molar-refractivity contribution in [3.8, 4) is 0 Å². The minimum absolute atomic E-state index is 0.0509. The van der Waals surface area contributed by atoms with E-state index in [0.717, 1.165) is 57.7 Å². The molecule has 0 aliphatic heterocycles. The molecule has 2 aliphatic rings. The molecule has 2 fully saturated rings. The highest BCUT2D eigenvalue weighted by atomic mass is 31.0. The number of aromatic nitrogens is 6. The van der Waals surface area contributed by atoms with Crippen LogP contribution in [0.5, 0.6) is 0 Å². The van der Waals surface area contributed by atoms with Crippen molar-refractivity contribution in [1.82, 2.24) is 29.5 Å². The fourth-order valence-electron chi connectivity index (χ4n) is 7.97. The van der Waals surface area contributed by atoms with Crippen molar-refractivity contribution in [3.05, 3.63) is 107 Å². The van der Waals surface area contributed by atoms with Gasteiger partial charge in [0.1, 0.15) is 17.7 Å². The minimum Gasteiger partial charge on any atom is -0.396 e. The molecule has 2 amide bonds. The highest BCUT2D eigenvalue weighted by Gasteiger charge is 2.26. The third kappa shape index (κ3) is 12.3. The third-order valence-corrected chi connectivity index (χ3v) is 11.4. The van der Waals surface area contributed by atoms with Gasteiger partial charge in [-0.3, -0.25) is 19.0 Å². The fraction of sp³-hybridized carbons (Fsp3) is 0.426. The van der Waals surface area contributed by atoms with Crippen LogP contribution in [-0.2, 0) is 4.79 Å². The second-order valence-corrected chi connectivity index (χ2v) is 15.6. The zero-order valence-electron chi connectivity index (χ0n) is 38.2. The molecular formula is C47H57F4N8O4P. The molecule has 1 atom stereocenters. The van der Waals surface area contributed by atoms with Gasteiger partial charge in [0.25, 0.3) is 24.7 Å². The molecule has 0 spiro atoms. The van der Waals surface area contributed by atoms with E-state index in [1.807, 2.05) is 17.1 Å². The summed E-state index contributed by atoms with van der Waals surface area (Å²) >= 11 is 0. The Hall–Kier alpha value is -5.60. The van der Waals surface area contributed by atoms with E-state index in [1.165, 1.54) is 24.3 Å². The molecule has 0 radical (unpaired) electrons. The van der Waals surface area contributed by atoms with E-state index in [-0.39, 0.29) is 58.5 Å². The van der Waals surface area contributed by atoms with Crippen LogP contribution in [0.2, 0.25) is 0 Å². The summed E-state index contributed by atoms with van der Waals surface area (Å²) in [6.45, 7) is 6.42. The molecule has 8 rings (SSSR count). The van der Waals surface area contributed by atoms with Crippen molar-refractivity contribution in [2.75, 3.05) is 23.9 Å². The maximum Gasteiger partial charge on any atom is 0.274 e. The van der Waals surface area contributed by atoms with Gasteiger partial charge >= 0.3 is 0 Å². The molecule has 1 unspecified atom stereocenters. The number of halogens is 4. The zero-order valence-corrected chi connectivity index (χ0v) is 37.3. The van der Waals surface area contributed by atoms with Gasteiger partial charge in [0.2, 0.25) is 0 Å². The molecule has 2 aliphatic carbocycles. The van der Waals surface area contributed by atoms with Crippen LogP contribution in [0.15, 0.2) is 73.1 Å². The van der Waals surface area contributed by atoms with E-state index in [9.17, 15) is 37.1 Å². The first-order valence-corrected chi connectivity index (χ1v) is 22.0. The minimum atomic E-state index is -2.76. The Bertz CT molecular complexity index is 2540. The second kappa shape index (κ2) is 23.4. The van der Waals surface area contributed by atoms with Gasteiger partial charge < -0.3 is 20.5 Å². The van der Waals surface area contributed by atoms with Crippen molar-refractivity contribution >= 4 is 60.5 Å². The van der Waals surface area contributed by atoms with Gasteiger partial charge in [0.15, 0.2) is 0 Å². The number of nitrogens with one attached hydrogen (secondary N) is 2. The number of pyridine rings is 2. The highest BCUT2D eigenvalue weighted by Crippen LogP contribution is 2.37. The number of alkyl halides is 4. The lowest BCUT2D eigenvalue weighted by molar-refractivity contribution is -0.112. The predicted octanol–water partition coefficient (Wildman–Crippen LogP) is 11.0. The summed E-state index contributed by atoms with van der Waals surface area (Å²) in [5.74, 6) is -0.656. The SMILES string of the molecule is Cc1cccc(C(=O)Nc2cc3cn(C4CCC(C=O)CC4)nc3cc2C(F)F)n1.Cc1cccc(C(=O)Nc2cc3cn(C4CCC(CO)CC4)nc3cc2C(F)F)n1.[2H]CC.[2H]CP. The van der Waals surface area contributed by atoms with E-state index in [2.05, 4.69) is 40.0 Å². The smallest absolute Gasteiger partial charge is 0.274 e. The van der Waals surface area contributed by atoms with E-state index in [4.69, 9.17) is 2.74 Å². The Morgan fingerprint density at radius 3 is 1.53 bits per heavy atom. The number of aldehydes is 1. The maximum absolute atomic E-state index is 13.7. The number of aryl methyl sites for hydroxylation is 2. The van der Waals surface area contributed by atoms with Crippen molar-refractivity contribution in [2.45, 2.75) is 104 Å². The molecule has 17 heteroatoms. The van der Waals surface area contributed by atoms with Crippen LogP contribution in [-0.4, -0.2) is 66.0 Å². The van der Waals surface area contributed by atoms with E-state index in [1.54, 1.807) is 61.9 Å². The van der Waals surface area contributed by atoms with Gasteiger partial charge in [-0.05, 0) is 120 Å². The molecule has 0 saturated heterocycles. The summed E-state index contributed by atoms with van der Waals surface area (Å²) < 4.78 is 70.8. The normalized spacial score (nSPS) is 18.7. The lowest BCUT2D eigenvalue weighted by Crippen LogP contribution is -2.20. The first-order chi connectivity index (χ1) is 31.7. The number of benzene rings is 2. The number of hydrogen-bond donors (Lipinski definition) is 3. The van der Waals surface area contributed by atoms with Crippen molar-refractivity contribution in [1.29, 1.82) is 0 Å². The van der Waals surface area contributed by atoms with Crippen LogP contribution in [0, 0.1) is 25.7 Å². The number of amides is 2. The lowest BCUT2D eigenvalue weighted by atomic mass is 9.87. The average Bonchev–Trinajstić information content (AvgIpc) is 3.93. The molecule has 64 heavy (non-hydrogen) atoms. The molecule has 2 saturated carbocycles. The molecule has 2 aromatic carbocycles. The monoisotopic (exact) mass is 906 g/mol. The number of aliphatic hydroxyl groups is 1. The topological polar surface area (TPSA) is 157 Å². The van der Waals surface area contributed by atoms with Crippen LogP contribution >= 0.6 is 9.24 Å². The largest absolute Gasteiger partial charge is 0.396 e. The lowest BCUT2D eigenvalue weighted by Gasteiger charge is -2.27. The Morgan fingerprint density at radius 1 is 0.766 bits per heavy atom. The van der Waals surface area contributed by atoms with Gasteiger partial charge in [0.05, 0.1) is 34.5 Å². The number of nitrogens with zero attached hydrogens (tertiary/aromatic N) is 6. The molecule has 6 aromatic rings. The van der Waals surface area contributed by atoms with Crippen molar-refractivity contribution in [2.24, 2.45) is 11.8 Å². The fourth-order valence-corrected chi connectivity index (χ4v) is 7.97. The molecule has 4 heterocycles. The Balaban J connectivity index is 0.000000221. The van der Waals surface area contributed by atoms with Crippen LogP contribution in [0.4, 0.5) is 28.9 Å². The summed E-state index contributed by atoms with van der Waals surface area (Å²) in [4.78, 5) is 44.3. The number of anilines is 2. The van der Waals surface area contributed by atoms with Gasteiger partial charge in [-0.25, -0.2) is 27.5 Å². The van der Waals surface area contributed by atoms with Gasteiger partial charge in [-0.2, -0.15) is 10.2 Å². The van der Waals surface area contributed by atoms with Crippen LogP contribution in [0.1, 0.15) is 136 Å². The molecule has 342 valence electrons. The van der Waals surface area contributed by atoms with E-state index in [0.29, 0.717) is 52.7 Å². The number of carbonyl (C=O) groups is 3. The summed E-state index contributed by atoms with van der Waals surface area (Å²) in [6.07, 6.45) is 6.03. The molecule has 4 aromatic heterocycles. The van der Waals surface area contributed by atoms with Crippen LogP contribution in [0.25, 0.3) is 21.8 Å². The van der Waals surface area contributed by atoms with Crippen LogP contribution < -0.4 is 10.6 Å². The Labute approximate surface area is 375 Å². The standard InChI is InChI=1S/C22H24F2N4O2.C22H22F2N4O2.C2H6.CH5P/c2*1-13-3-2-4-18(25-13)22(30)26-20-9-15-11-28(16-7-5-14(12-29)6-8-16)27-19(15)10-17(20)21(23)24;2*1-2/h2-4,9-11,14,16,21,29H,5-8,12H2,1H3,(H,26,30);2-4,9-12,14,16,21H,5-8H2,1H3,(H,26,30);1-2H3;2H2,1H3/i;;2*1D. The van der Waals surface area contributed by atoms with Crippen LogP contribution in [0.3, 0.4) is 0 Å². The zero-order chi connectivity index (χ0) is 47.9. The van der Waals surface area contributed by atoms with Gasteiger partial charge in [-0.1, -0.05) is 32.6 Å². The Kier molecular flexibility index (Phi) is 16.9. The molecule has 3 N–H and O–H groups in total.